The number of sulfone groups is 1. The zero-order valence-corrected chi connectivity index (χ0v) is 20.1. The number of benzene rings is 2. The summed E-state index contributed by atoms with van der Waals surface area (Å²) in [4.78, 5) is 0.397. The van der Waals surface area contributed by atoms with Crippen molar-refractivity contribution < 1.29 is 17.9 Å². The molecule has 0 N–H and O–H groups in total. The van der Waals surface area contributed by atoms with Crippen LogP contribution >= 0.6 is 0 Å². The van der Waals surface area contributed by atoms with Crippen LogP contribution in [0.1, 0.15) is 37.8 Å². The Bertz CT molecular complexity index is 1110. The van der Waals surface area contributed by atoms with E-state index < -0.39 is 9.84 Å². The van der Waals surface area contributed by atoms with Crippen LogP contribution in [0.3, 0.4) is 0 Å². The first-order valence-electron chi connectivity index (χ1n) is 10.7. The first-order valence-corrected chi connectivity index (χ1v) is 12.2. The van der Waals surface area contributed by atoms with Crippen LogP contribution in [0, 0.1) is 6.92 Å². The van der Waals surface area contributed by atoms with Gasteiger partial charge in [-0.05, 0) is 67.3 Å². The number of hydrogen-bond donors (Lipinski definition) is 0. The molecule has 0 atom stereocenters. The lowest BCUT2D eigenvalue weighted by atomic mass is 10.1. The third-order valence-electron chi connectivity index (χ3n) is 4.77. The number of rotatable bonds is 11. The fraction of sp³-hybridized carbons (Fsp3) is 0.259. The van der Waals surface area contributed by atoms with Crippen LogP contribution in [0.4, 0.5) is 0 Å². The quantitative estimate of drug-likeness (QED) is 0.283. The number of allylic oxidation sites excluding steroid dienone is 5. The zero-order chi connectivity index (χ0) is 23.6. The normalized spacial score (nSPS) is 12.8. The molecule has 32 heavy (non-hydrogen) atoms. The van der Waals surface area contributed by atoms with E-state index in [9.17, 15) is 8.42 Å². The van der Waals surface area contributed by atoms with Crippen molar-refractivity contribution in [2.75, 3.05) is 13.7 Å². The number of hydrogen-bond acceptors (Lipinski definition) is 4. The van der Waals surface area contributed by atoms with Crippen molar-refractivity contribution in [3.63, 3.8) is 0 Å². The molecule has 0 aliphatic carbocycles. The van der Waals surface area contributed by atoms with Gasteiger partial charge in [-0.25, -0.2) is 8.42 Å². The van der Waals surface area contributed by atoms with Gasteiger partial charge in [0, 0.05) is 5.56 Å². The van der Waals surface area contributed by atoms with E-state index in [1.807, 2.05) is 39.0 Å². The molecule has 0 fully saturated rings. The maximum Gasteiger partial charge on any atom is 0.207 e. The van der Waals surface area contributed by atoms with Crippen molar-refractivity contribution in [3.05, 3.63) is 102 Å². The highest BCUT2D eigenvalue weighted by Crippen LogP contribution is 2.34. The lowest BCUT2D eigenvalue weighted by molar-refractivity contribution is 0.224. The third-order valence-corrected chi connectivity index (χ3v) is 6.58. The third kappa shape index (κ3) is 6.47. The maximum absolute atomic E-state index is 13.6. The molecule has 4 nitrogen and oxygen atoms in total. The van der Waals surface area contributed by atoms with E-state index in [0.717, 1.165) is 24.2 Å². The molecule has 0 bridgehead atoms. The first kappa shape index (κ1) is 25.2. The highest BCUT2D eigenvalue weighted by molar-refractivity contribution is 8.00. The van der Waals surface area contributed by atoms with Crippen molar-refractivity contribution in [1.29, 1.82) is 0 Å². The second-order valence-electron chi connectivity index (χ2n) is 7.23. The van der Waals surface area contributed by atoms with Gasteiger partial charge in [0.1, 0.15) is 11.5 Å². The molecule has 0 radical (unpaired) electrons. The van der Waals surface area contributed by atoms with E-state index in [1.54, 1.807) is 61.7 Å². The van der Waals surface area contributed by atoms with Crippen LogP contribution in [0.25, 0.3) is 4.91 Å². The molecule has 2 aromatic carbocycles. The Morgan fingerprint density at radius 3 is 2.38 bits per heavy atom. The standard InChI is InChI=1S/C27H32O4S/c1-6-12-23(31-19-7-2)18-17-21(3)20-27(25-15-11-16-26(30-5)22(25)4)32(28,29)24-13-9-8-10-14-24/h8-18,20H,3,6-7,19H2,1-2,4-5H3/b18-17-,23-12+,27-20+. The zero-order valence-electron chi connectivity index (χ0n) is 19.3. The van der Waals surface area contributed by atoms with Crippen LogP contribution in [0.5, 0.6) is 5.75 Å². The fourth-order valence-corrected chi connectivity index (χ4v) is 4.72. The van der Waals surface area contributed by atoms with Crippen LogP contribution in [0.2, 0.25) is 0 Å². The van der Waals surface area contributed by atoms with Crippen LogP contribution in [0.15, 0.2) is 95.6 Å². The van der Waals surface area contributed by atoms with Crippen LogP contribution in [-0.4, -0.2) is 22.1 Å². The van der Waals surface area contributed by atoms with E-state index in [-0.39, 0.29) is 9.80 Å². The summed E-state index contributed by atoms with van der Waals surface area (Å²) in [5.74, 6) is 1.37. The molecule has 0 amide bonds. The van der Waals surface area contributed by atoms with Crippen molar-refractivity contribution >= 4 is 14.7 Å². The van der Waals surface area contributed by atoms with E-state index in [4.69, 9.17) is 9.47 Å². The Kier molecular flexibility index (Phi) is 9.54. The Morgan fingerprint density at radius 1 is 1.03 bits per heavy atom. The molecule has 5 heteroatoms. The van der Waals surface area contributed by atoms with Crippen molar-refractivity contribution in [2.24, 2.45) is 0 Å². The van der Waals surface area contributed by atoms with E-state index in [2.05, 4.69) is 6.58 Å². The minimum atomic E-state index is -3.79. The van der Waals surface area contributed by atoms with Crippen LogP contribution < -0.4 is 4.74 Å². The predicted molar refractivity (Wildman–Crippen MR) is 132 cm³/mol. The van der Waals surface area contributed by atoms with E-state index in [1.165, 1.54) is 0 Å². The molecule has 0 aromatic heterocycles. The van der Waals surface area contributed by atoms with Crippen molar-refractivity contribution in [2.45, 2.75) is 38.5 Å². The topological polar surface area (TPSA) is 52.6 Å². The predicted octanol–water partition coefficient (Wildman–Crippen LogP) is 6.65. The minimum absolute atomic E-state index is 0.172. The average Bonchev–Trinajstić information content (AvgIpc) is 2.80. The molecule has 0 heterocycles. The molecular formula is C27H32O4S. The van der Waals surface area contributed by atoms with Gasteiger partial charge in [-0.1, -0.05) is 56.8 Å². The smallest absolute Gasteiger partial charge is 0.207 e. The van der Waals surface area contributed by atoms with Gasteiger partial charge in [-0.2, -0.15) is 0 Å². The van der Waals surface area contributed by atoms with Gasteiger partial charge in [0.15, 0.2) is 0 Å². The maximum atomic E-state index is 13.6. The van der Waals surface area contributed by atoms with Gasteiger partial charge in [0.2, 0.25) is 9.84 Å². The van der Waals surface area contributed by atoms with E-state index in [0.29, 0.717) is 23.5 Å². The number of ether oxygens (including phenoxy) is 2. The lowest BCUT2D eigenvalue weighted by Gasteiger charge is -2.15. The van der Waals surface area contributed by atoms with Crippen LogP contribution in [-0.2, 0) is 14.6 Å². The lowest BCUT2D eigenvalue weighted by Crippen LogP contribution is -2.06. The Hall–Kier alpha value is -3.05. The molecule has 0 aliphatic rings. The highest BCUT2D eigenvalue weighted by Gasteiger charge is 2.24. The average molecular weight is 453 g/mol. The Balaban J connectivity index is 2.57. The van der Waals surface area contributed by atoms with Gasteiger partial charge in [0.25, 0.3) is 0 Å². The molecule has 2 rings (SSSR count). The van der Waals surface area contributed by atoms with Crippen molar-refractivity contribution in [3.8, 4) is 5.75 Å². The van der Waals surface area contributed by atoms with Crippen molar-refractivity contribution in [1.82, 2.24) is 0 Å². The Morgan fingerprint density at radius 2 is 1.75 bits per heavy atom. The molecule has 0 spiro atoms. The van der Waals surface area contributed by atoms with Gasteiger partial charge in [-0.3, -0.25) is 0 Å². The molecular weight excluding hydrogens is 420 g/mol. The summed E-state index contributed by atoms with van der Waals surface area (Å²) in [7, 11) is -2.22. The monoisotopic (exact) mass is 452 g/mol. The summed E-state index contributed by atoms with van der Waals surface area (Å²) in [6, 6.07) is 13.8. The second kappa shape index (κ2) is 12.1. The summed E-state index contributed by atoms with van der Waals surface area (Å²) in [6.07, 6.45) is 8.92. The Labute approximate surface area is 192 Å². The molecule has 0 unspecified atom stereocenters. The molecule has 0 aliphatic heterocycles. The van der Waals surface area contributed by atoms with Gasteiger partial charge >= 0.3 is 0 Å². The summed E-state index contributed by atoms with van der Waals surface area (Å²) in [5, 5.41) is 0. The van der Waals surface area contributed by atoms with Gasteiger partial charge in [0.05, 0.1) is 23.5 Å². The summed E-state index contributed by atoms with van der Waals surface area (Å²) in [6.45, 7) is 10.6. The fourth-order valence-electron chi connectivity index (χ4n) is 3.13. The largest absolute Gasteiger partial charge is 0.496 e. The van der Waals surface area contributed by atoms with Gasteiger partial charge in [-0.15, -0.1) is 0 Å². The van der Waals surface area contributed by atoms with E-state index >= 15 is 0 Å². The first-order chi connectivity index (χ1) is 15.3. The summed E-state index contributed by atoms with van der Waals surface area (Å²) >= 11 is 0. The number of methoxy groups -OCH3 is 1. The minimum Gasteiger partial charge on any atom is -0.496 e. The highest BCUT2D eigenvalue weighted by atomic mass is 32.2. The molecule has 0 saturated heterocycles. The SMILES string of the molecule is C=C(/C=C\C(=C/CC)OCCC)/C=C(\c1cccc(OC)c1C)S(=O)(=O)c1ccccc1. The second-order valence-corrected chi connectivity index (χ2v) is 9.15. The summed E-state index contributed by atoms with van der Waals surface area (Å²) in [5.41, 5.74) is 1.87. The summed E-state index contributed by atoms with van der Waals surface area (Å²) < 4.78 is 38.3. The van der Waals surface area contributed by atoms with Gasteiger partial charge < -0.3 is 9.47 Å². The molecule has 2 aromatic rings. The molecule has 170 valence electrons. The molecule has 0 saturated carbocycles.